The van der Waals surface area contributed by atoms with Crippen LogP contribution in [-0.2, 0) is 14.8 Å². The molecular formula is C18H27NO5S. The van der Waals surface area contributed by atoms with Gasteiger partial charge >= 0.3 is 0 Å². The molecular weight excluding hydrogens is 342 g/mol. The first kappa shape index (κ1) is 18.5. The molecule has 140 valence electrons. The fourth-order valence-corrected chi connectivity index (χ4v) is 4.24. The quantitative estimate of drug-likeness (QED) is 0.748. The fourth-order valence-electron chi connectivity index (χ4n) is 3.15. The second kappa shape index (κ2) is 8.87. The molecule has 0 saturated heterocycles. The van der Waals surface area contributed by atoms with E-state index in [1.807, 2.05) is 0 Å². The summed E-state index contributed by atoms with van der Waals surface area (Å²) in [6, 6.07) is 4.73. The topological polar surface area (TPSA) is 73.9 Å². The van der Waals surface area contributed by atoms with Crippen molar-refractivity contribution in [2.75, 3.05) is 26.4 Å². The molecule has 0 atom stereocenters. The van der Waals surface area contributed by atoms with E-state index in [0.717, 1.165) is 19.3 Å². The molecule has 0 bridgehead atoms. The van der Waals surface area contributed by atoms with Crippen molar-refractivity contribution in [3.8, 4) is 11.5 Å². The van der Waals surface area contributed by atoms with E-state index in [1.165, 1.54) is 25.3 Å². The molecule has 0 unspecified atom stereocenters. The summed E-state index contributed by atoms with van der Waals surface area (Å²) < 4.78 is 44.4. The highest BCUT2D eigenvalue weighted by atomic mass is 32.2. The van der Waals surface area contributed by atoms with Gasteiger partial charge in [0.15, 0.2) is 11.5 Å². The van der Waals surface area contributed by atoms with Crippen molar-refractivity contribution in [3.63, 3.8) is 0 Å². The lowest BCUT2D eigenvalue weighted by molar-refractivity contribution is 0.0278. The van der Waals surface area contributed by atoms with Crippen molar-refractivity contribution in [1.82, 2.24) is 4.72 Å². The molecule has 0 amide bonds. The summed E-state index contributed by atoms with van der Waals surface area (Å²) in [6.45, 7) is 2.07. The Morgan fingerprint density at radius 3 is 2.60 bits per heavy atom. The summed E-state index contributed by atoms with van der Waals surface area (Å²) in [4.78, 5) is 0.199. The number of benzene rings is 1. The van der Waals surface area contributed by atoms with Crippen LogP contribution in [0.3, 0.4) is 0 Å². The molecule has 1 aliphatic heterocycles. The number of fused-ring (bicyclic) bond motifs is 1. The van der Waals surface area contributed by atoms with Gasteiger partial charge in [0, 0.05) is 25.6 Å². The third kappa shape index (κ3) is 5.33. The molecule has 1 aromatic carbocycles. The lowest BCUT2D eigenvalue weighted by Crippen LogP contribution is -2.26. The molecule has 1 aromatic rings. The summed E-state index contributed by atoms with van der Waals surface area (Å²) in [5.74, 6) is 1.08. The molecule has 7 heteroatoms. The van der Waals surface area contributed by atoms with Gasteiger partial charge in [0.25, 0.3) is 0 Å². The Hall–Kier alpha value is -1.31. The van der Waals surface area contributed by atoms with Crippen LogP contribution < -0.4 is 14.2 Å². The molecule has 25 heavy (non-hydrogen) atoms. The van der Waals surface area contributed by atoms with Crippen LogP contribution in [0.5, 0.6) is 11.5 Å². The van der Waals surface area contributed by atoms with Gasteiger partial charge in [0.2, 0.25) is 10.0 Å². The molecule has 2 aliphatic rings. The Bertz CT molecular complexity index is 655. The Balaban J connectivity index is 1.47. The monoisotopic (exact) mass is 369 g/mol. The van der Waals surface area contributed by atoms with E-state index in [1.54, 1.807) is 12.1 Å². The van der Waals surface area contributed by atoms with Crippen molar-refractivity contribution in [1.29, 1.82) is 0 Å². The Morgan fingerprint density at radius 1 is 1.04 bits per heavy atom. The highest BCUT2D eigenvalue weighted by molar-refractivity contribution is 7.89. The minimum Gasteiger partial charge on any atom is -0.490 e. The zero-order chi connectivity index (χ0) is 17.5. The van der Waals surface area contributed by atoms with Gasteiger partial charge < -0.3 is 14.2 Å². The Kier molecular flexibility index (Phi) is 6.56. The van der Waals surface area contributed by atoms with Crippen LogP contribution in [0.4, 0.5) is 0 Å². The van der Waals surface area contributed by atoms with Crippen LogP contribution in [0.1, 0.15) is 44.9 Å². The molecule has 0 aromatic heterocycles. The van der Waals surface area contributed by atoms with Crippen molar-refractivity contribution in [3.05, 3.63) is 18.2 Å². The molecule has 1 saturated carbocycles. The van der Waals surface area contributed by atoms with E-state index in [9.17, 15) is 8.42 Å². The predicted molar refractivity (Wildman–Crippen MR) is 94.7 cm³/mol. The van der Waals surface area contributed by atoms with E-state index >= 15 is 0 Å². The van der Waals surface area contributed by atoms with Gasteiger partial charge in [-0.15, -0.1) is 0 Å². The molecule has 0 spiro atoms. The first-order valence-electron chi connectivity index (χ1n) is 9.16. The van der Waals surface area contributed by atoms with Gasteiger partial charge in [-0.3, -0.25) is 0 Å². The van der Waals surface area contributed by atoms with E-state index in [2.05, 4.69) is 4.72 Å². The summed E-state index contributed by atoms with van der Waals surface area (Å²) in [5.41, 5.74) is 0. The molecule has 0 radical (unpaired) electrons. The summed E-state index contributed by atoms with van der Waals surface area (Å²) >= 11 is 0. The normalized spacial score (nSPS) is 18.7. The van der Waals surface area contributed by atoms with Crippen LogP contribution in [0.25, 0.3) is 0 Å². The van der Waals surface area contributed by atoms with Gasteiger partial charge in [-0.25, -0.2) is 13.1 Å². The van der Waals surface area contributed by atoms with Gasteiger partial charge in [-0.05, 0) is 31.4 Å². The number of sulfonamides is 1. The van der Waals surface area contributed by atoms with Gasteiger partial charge in [0.1, 0.15) is 0 Å². The van der Waals surface area contributed by atoms with Crippen LogP contribution in [0, 0.1) is 0 Å². The average molecular weight is 369 g/mol. The average Bonchev–Trinajstić information content (AvgIpc) is 2.87. The first-order chi connectivity index (χ1) is 12.1. The molecule has 1 aliphatic carbocycles. The SMILES string of the molecule is O=S(=O)(NCCCOC1CCCCC1)c1ccc2c(c1)OCCCO2. The highest BCUT2D eigenvalue weighted by Gasteiger charge is 2.18. The van der Waals surface area contributed by atoms with Crippen LogP contribution in [-0.4, -0.2) is 40.9 Å². The maximum atomic E-state index is 12.4. The zero-order valence-corrected chi connectivity index (χ0v) is 15.4. The summed E-state index contributed by atoms with van der Waals surface area (Å²) in [5, 5.41) is 0. The lowest BCUT2D eigenvalue weighted by Gasteiger charge is -2.21. The van der Waals surface area contributed by atoms with Crippen molar-refractivity contribution in [2.45, 2.75) is 55.9 Å². The Labute approximate surface area is 149 Å². The van der Waals surface area contributed by atoms with Crippen LogP contribution >= 0.6 is 0 Å². The standard InChI is InChI=1S/C18H27NO5S/c20-25(21,19-10-4-11-22-15-6-2-1-3-7-15)16-8-9-17-18(14-16)24-13-5-12-23-17/h8-9,14-15,19H,1-7,10-13H2. The number of hydrogen-bond acceptors (Lipinski definition) is 5. The Morgan fingerprint density at radius 2 is 1.80 bits per heavy atom. The third-order valence-electron chi connectivity index (χ3n) is 4.55. The maximum absolute atomic E-state index is 12.4. The smallest absolute Gasteiger partial charge is 0.240 e. The number of nitrogens with one attached hydrogen (secondary N) is 1. The van der Waals surface area contributed by atoms with E-state index in [-0.39, 0.29) is 4.90 Å². The second-order valence-corrected chi connectivity index (χ2v) is 8.31. The molecule has 1 N–H and O–H groups in total. The lowest BCUT2D eigenvalue weighted by atomic mass is 9.98. The molecule has 1 fully saturated rings. The summed E-state index contributed by atoms with van der Waals surface area (Å²) in [7, 11) is -3.55. The largest absolute Gasteiger partial charge is 0.490 e. The second-order valence-electron chi connectivity index (χ2n) is 6.54. The van der Waals surface area contributed by atoms with Gasteiger partial charge in [-0.1, -0.05) is 19.3 Å². The van der Waals surface area contributed by atoms with Gasteiger partial charge in [-0.2, -0.15) is 0 Å². The van der Waals surface area contributed by atoms with E-state index in [0.29, 0.717) is 50.4 Å². The number of hydrogen-bond donors (Lipinski definition) is 1. The number of rotatable bonds is 7. The summed E-state index contributed by atoms with van der Waals surface area (Å²) in [6.07, 6.45) is 7.84. The number of ether oxygens (including phenoxy) is 3. The predicted octanol–water partition coefficient (Wildman–Crippen LogP) is 2.87. The third-order valence-corrected chi connectivity index (χ3v) is 6.01. The van der Waals surface area contributed by atoms with Crippen molar-refractivity contribution in [2.24, 2.45) is 0 Å². The molecule has 6 nitrogen and oxygen atoms in total. The van der Waals surface area contributed by atoms with Crippen molar-refractivity contribution < 1.29 is 22.6 Å². The van der Waals surface area contributed by atoms with Gasteiger partial charge in [0.05, 0.1) is 24.2 Å². The van der Waals surface area contributed by atoms with Crippen LogP contribution in [0.2, 0.25) is 0 Å². The van der Waals surface area contributed by atoms with Crippen molar-refractivity contribution >= 4 is 10.0 Å². The van der Waals surface area contributed by atoms with E-state index in [4.69, 9.17) is 14.2 Å². The van der Waals surface area contributed by atoms with Crippen LogP contribution in [0.15, 0.2) is 23.1 Å². The zero-order valence-electron chi connectivity index (χ0n) is 14.5. The first-order valence-corrected chi connectivity index (χ1v) is 10.6. The minimum atomic E-state index is -3.55. The minimum absolute atomic E-state index is 0.199. The highest BCUT2D eigenvalue weighted by Crippen LogP contribution is 2.31. The fraction of sp³-hybridized carbons (Fsp3) is 0.667. The maximum Gasteiger partial charge on any atom is 0.240 e. The molecule has 3 rings (SSSR count). The van der Waals surface area contributed by atoms with E-state index < -0.39 is 10.0 Å². The molecule has 1 heterocycles.